The SMILES string of the molecule is C[C@H](Nc1nccc(-n2cnc3cc(Nc4cncnc4)ccc32)n1)c1ccccc1. The van der Waals surface area contributed by atoms with Crippen LogP contribution in [0.5, 0.6) is 0 Å². The Hall–Kier alpha value is -4.33. The van der Waals surface area contributed by atoms with Crippen molar-refractivity contribution < 1.29 is 0 Å². The fourth-order valence-corrected chi connectivity index (χ4v) is 3.37. The van der Waals surface area contributed by atoms with Crippen molar-refractivity contribution in [3.63, 3.8) is 0 Å². The Labute approximate surface area is 179 Å². The molecular formula is C23H20N8. The highest BCUT2D eigenvalue weighted by atomic mass is 15.2. The first-order valence-corrected chi connectivity index (χ1v) is 9.90. The third-order valence-electron chi connectivity index (χ3n) is 4.93. The number of hydrogen-bond donors (Lipinski definition) is 2. The zero-order valence-electron chi connectivity index (χ0n) is 16.8. The molecule has 0 bridgehead atoms. The summed E-state index contributed by atoms with van der Waals surface area (Å²) in [6.45, 7) is 2.09. The van der Waals surface area contributed by atoms with Gasteiger partial charge < -0.3 is 10.6 Å². The second kappa shape index (κ2) is 8.19. The summed E-state index contributed by atoms with van der Waals surface area (Å²) in [6.07, 6.45) is 8.47. The van der Waals surface area contributed by atoms with Crippen LogP contribution in [0.1, 0.15) is 18.5 Å². The molecule has 3 heterocycles. The van der Waals surface area contributed by atoms with Gasteiger partial charge in [-0.15, -0.1) is 0 Å². The van der Waals surface area contributed by atoms with Gasteiger partial charge in [-0.05, 0) is 36.8 Å². The lowest BCUT2D eigenvalue weighted by atomic mass is 10.1. The van der Waals surface area contributed by atoms with Crippen molar-refractivity contribution in [3.05, 3.63) is 91.4 Å². The minimum absolute atomic E-state index is 0.0894. The van der Waals surface area contributed by atoms with E-state index in [4.69, 9.17) is 0 Å². The molecule has 5 aromatic rings. The van der Waals surface area contributed by atoms with Crippen LogP contribution in [0.15, 0.2) is 85.8 Å². The van der Waals surface area contributed by atoms with E-state index in [-0.39, 0.29) is 6.04 Å². The Bertz CT molecular complexity index is 1300. The van der Waals surface area contributed by atoms with Gasteiger partial charge in [-0.2, -0.15) is 4.98 Å². The molecule has 0 unspecified atom stereocenters. The second-order valence-corrected chi connectivity index (χ2v) is 7.09. The molecule has 8 heteroatoms. The smallest absolute Gasteiger partial charge is 0.225 e. The van der Waals surface area contributed by atoms with E-state index >= 15 is 0 Å². The summed E-state index contributed by atoms with van der Waals surface area (Å²) >= 11 is 0. The van der Waals surface area contributed by atoms with Gasteiger partial charge in [0.15, 0.2) is 0 Å². The van der Waals surface area contributed by atoms with Gasteiger partial charge in [-0.25, -0.2) is 19.9 Å². The Morgan fingerprint density at radius 2 is 1.74 bits per heavy atom. The molecule has 0 aliphatic heterocycles. The van der Waals surface area contributed by atoms with Gasteiger partial charge in [0, 0.05) is 11.9 Å². The number of rotatable bonds is 6. The maximum atomic E-state index is 4.69. The van der Waals surface area contributed by atoms with Crippen LogP contribution in [0.4, 0.5) is 17.3 Å². The summed E-state index contributed by atoms with van der Waals surface area (Å²) in [7, 11) is 0. The van der Waals surface area contributed by atoms with Crippen molar-refractivity contribution in [2.45, 2.75) is 13.0 Å². The molecule has 0 radical (unpaired) electrons. The molecule has 0 amide bonds. The topological polar surface area (TPSA) is 93.4 Å². The summed E-state index contributed by atoms with van der Waals surface area (Å²) in [5.41, 5.74) is 4.71. The molecule has 0 aliphatic rings. The van der Waals surface area contributed by atoms with E-state index in [2.05, 4.69) is 54.6 Å². The Morgan fingerprint density at radius 3 is 2.58 bits per heavy atom. The van der Waals surface area contributed by atoms with Crippen molar-refractivity contribution >= 4 is 28.4 Å². The average molecular weight is 408 g/mol. The predicted octanol–water partition coefficient (Wildman–Crippen LogP) is 4.52. The lowest BCUT2D eigenvalue weighted by Gasteiger charge is -2.14. The molecule has 5 rings (SSSR count). The van der Waals surface area contributed by atoms with E-state index in [9.17, 15) is 0 Å². The zero-order chi connectivity index (χ0) is 21.0. The Balaban J connectivity index is 1.40. The molecule has 152 valence electrons. The number of benzene rings is 2. The largest absolute Gasteiger partial charge is 0.353 e. The maximum Gasteiger partial charge on any atom is 0.225 e. The zero-order valence-corrected chi connectivity index (χ0v) is 16.8. The molecular weight excluding hydrogens is 388 g/mol. The molecule has 0 saturated carbocycles. The van der Waals surface area contributed by atoms with Crippen LogP contribution in [-0.4, -0.2) is 29.5 Å². The Kier molecular flexibility index (Phi) is 4.94. The van der Waals surface area contributed by atoms with E-state index in [1.54, 1.807) is 24.9 Å². The monoisotopic (exact) mass is 408 g/mol. The molecule has 2 aromatic carbocycles. The van der Waals surface area contributed by atoms with Gasteiger partial charge >= 0.3 is 0 Å². The fourth-order valence-electron chi connectivity index (χ4n) is 3.37. The number of anilines is 3. The highest BCUT2D eigenvalue weighted by molar-refractivity contribution is 5.82. The van der Waals surface area contributed by atoms with Crippen LogP contribution in [0, 0.1) is 0 Å². The molecule has 0 fully saturated rings. The average Bonchev–Trinajstić information content (AvgIpc) is 3.24. The van der Waals surface area contributed by atoms with Gasteiger partial charge in [0.05, 0.1) is 35.2 Å². The number of nitrogens with zero attached hydrogens (tertiary/aromatic N) is 6. The normalized spacial score (nSPS) is 11.9. The predicted molar refractivity (Wildman–Crippen MR) is 120 cm³/mol. The molecule has 0 spiro atoms. The first-order chi connectivity index (χ1) is 15.3. The van der Waals surface area contributed by atoms with Crippen molar-refractivity contribution in [1.82, 2.24) is 29.5 Å². The third kappa shape index (κ3) is 4.04. The molecule has 2 N–H and O–H groups in total. The molecule has 0 aliphatic carbocycles. The molecule has 0 saturated heterocycles. The van der Waals surface area contributed by atoms with Crippen LogP contribution in [0.3, 0.4) is 0 Å². The maximum absolute atomic E-state index is 4.69. The first kappa shape index (κ1) is 18.7. The number of nitrogens with one attached hydrogen (secondary N) is 2. The molecule has 3 aromatic heterocycles. The van der Waals surface area contributed by atoms with Crippen LogP contribution in [-0.2, 0) is 0 Å². The van der Waals surface area contributed by atoms with Crippen LogP contribution in [0.2, 0.25) is 0 Å². The van der Waals surface area contributed by atoms with Crippen molar-refractivity contribution in [3.8, 4) is 5.82 Å². The van der Waals surface area contributed by atoms with E-state index in [0.29, 0.717) is 5.95 Å². The van der Waals surface area contributed by atoms with Crippen molar-refractivity contribution in [2.75, 3.05) is 10.6 Å². The highest BCUT2D eigenvalue weighted by Crippen LogP contribution is 2.23. The molecule has 1 atom stereocenters. The Morgan fingerprint density at radius 1 is 0.903 bits per heavy atom. The van der Waals surface area contributed by atoms with E-state index in [0.717, 1.165) is 28.2 Å². The highest BCUT2D eigenvalue weighted by Gasteiger charge is 2.10. The summed E-state index contributed by atoms with van der Waals surface area (Å²) in [6, 6.07) is 18.2. The van der Waals surface area contributed by atoms with Crippen LogP contribution < -0.4 is 10.6 Å². The third-order valence-corrected chi connectivity index (χ3v) is 4.93. The van der Waals surface area contributed by atoms with E-state index in [1.165, 1.54) is 11.9 Å². The number of fused-ring (bicyclic) bond motifs is 1. The lowest BCUT2D eigenvalue weighted by Crippen LogP contribution is -2.10. The standard InChI is InChI=1S/C23H20N8/c1-16(17-5-3-2-4-6-17)28-23-26-10-9-22(30-23)31-15-27-20-11-18(7-8-21(20)31)29-19-12-24-14-25-13-19/h2-16,29H,1H3,(H,26,28,30)/t16-/m0/s1. The van der Waals surface area contributed by atoms with Crippen molar-refractivity contribution in [1.29, 1.82) is 0 Å². The first-order valence-electron chi connectivity index (χ1n) is 9.90. The van der Waals surface area contributed by atoms with Crippen molar-refractivity contribution in [2.24, 2.45) is 0 Å². The summed E-state index contributed by atoms with van der Waals surface area (Å²) < 4.78 is 1.95. The lowest BCUT2D eigenvalue weighted by molar-refractivity contribution is 0.854. The fraction of sp³-hybridized carbons (Fsp3) is 0.0870. The van der Waals surface area contributed by atoms with Crippen LogP contribution >= 0.6 is 0 Å². The van der Waals surface area contributed by atoms with Gasteiger partial charge in [-0.3, -0.25) is 4.57 Å². The summed E-state index contributed by atoms with van der Waals surface area (Å²) in [4.78, 5) is 21.7. The van der Waals surface area contributed by atoms with E-state index < -0.39 is 0 Å². The van der Waals surface area contributed by atoms with Gasteiger partial charge in [0.2, 0.25) is 5.95 Å². The van der Waals surface area contributed by atoms with E-state index in [1.807, 2.05) is 47.0 Å². The molecule has 8 nitrogen and oxygen atoms in total. The van der Waals surface area contributed by atoms with Gasteiger partial charge in [-0.1, -0.05) is 30.3 Å². The number of imidazole rings is 1. The minimum Gasteiger partial charge on any atom is -0.353 e. The summed E-state index contributed by atoms with van der Waals surface area (Å²) in [5, 5.41) is 6.65. The van der Waals surface area contributed by atoms with Gasteiger partial charge in [0.25, 0.3) is 0 Å². The quantitative estimate of drug-likeness (QED) is 0.426. The minimum atomic E-state index is 0.0894. The van der Waals surface area contributed by atoms with Crippen LogP contribution in [0.25, 0.3) is 16.9 Å². The number of aromatic nitrogens is 6. The summed E-state index contributed by atoms with van der Waals surface area (Å²) in [5.74, 6) is 1.32. The second-order valence-electron chi connectivity index (χ2n) is 7.09. The van der Waals surface area contributed by atoms with Gasteiger partial charge in [0.1, 0.15) is 18.5 Å². The number of hydrogen-bond acceptors (Lipinski definition) is 7. The molecule has 31 heavy (non-hydrogen) atoms.